The number of piperazine rings is 1. The molecule has 1 saturated carbocycles. The SMILES string of the molecule is COc1cc2c(cc1OC(C)C)[C@H](c1ccc(Cl)cc1)N(c1ccc(N(C)CC3CCC(N4C[C@@H]5CC4CN5)CC3)cc1)C(=O)C2. The molecular formula is C38H47ClN4O3. The average molecular weight is 643 g/mol. The van der Waals surface area contributed by atoms with Crippen LogP contribution >= 0.6 is 11.6 Å². The van der Waals surface area contributed by atoms with E-state index in [1.807, 2.05) is 49.1 Å². The Hall–Kier alpha value is -3.26. The van der Waals surface area contributed by atoms with Crippen LogP contribution in [0.5, 0.6) is 11.5 Å². The van der Waals surface area contributed by atoms with Crippen LogP contribution in [0, 0.1) is 5.92 Å². The first kappa shape index (κ1) is 31.3. The molecule has 1 amide bonds. The molecule has 3 aromatic rings. The van der Waals surface area contributed by atoms with Gasteiger partial charge in [-0.1, -0.05) is 23.7 Å². The van der Waals surface area contributed by atoms with Crippen LogP contribution in [0.4, 0.5) is 11.4 Å². The Labute approximate surface area is 278 Å². The Morgan fingerprint density at radius 2 is 1.72 bits per heavy atom. The maximum atomic E-state index is 13.9. The summed E-state index contributed by atoms with van der Waals surface area (Å²) in [7, 11) is 3.84. The first-order chi connectivity index (χ1) is 22.3. The van der Waals surface area contributed by atoms with Gasteiger partial charge in [0.05, 0.1) is 25.7 Å². The van der Waals surface area contributed by atoms with Gasteiger partial charge in [0.1, 0.15) is 0 Å². The molecule has 3 aromatic carbocycles. The lowest BCUT2D eigenvalue weighted by Gasteiger charge is -2.40. The molecule has 8 heteroatoms. The zero-order chi connectivity index (χ0) is 31.9. The number of nitrogens with zero attached hydrogens (tertiary/aromatic N) is 3. The van der Waals surface area contributed by atoms with Crippen LogP contribution in [0.3, 0.4) is 0 Å². The van der Waals surface area contributed by atoms with Gasteiger partial charge in [0.2, 0.25) is 5.91 Å². The predicted molar refractivity (Wildman–Crippen MR) is 186 cm³/mol. The standard InChI is InChI=1S/C38H47ClN4O3/c1-24(2)46-36-20-34-27(17-35(36)45-4)18-37(44)43(38(34)26-7-9-28(39)10-8-26)32-15-13-30(14-16-32)41(3)22-25-5-11-31(12-6-25)42-23-29-19-33(42)21-40-29/h7-10,13-17,20,24-25,29,31,33,38,40H,5-6,11-12,18-19,21-23H2,1-4H3/t25?,29-,31?,33?,38-/m0/s1. The van der Waals surface area contributed by atoms with E-state index < -0.39 is 0 Å². The predicted octanol–water partition coefficient (Wildman–Crippen LogP) is 6.86. The van der Waals surface area contributed by atoms with Crippen molar-refractivity contribution in [3.05, 3.63) is 82.4 Å². The zero-order valence-electron chi connectivity index (χ0n) is 27.5. The van der Waals surface area contributed by atoms with Gasteiger partial charge < -0.3 is 24.6 Å². The molecule has 2 saturated heterocycles. The van der Waals surface area contributed by atoms with E-state index in [1.54, 1.807) is 7.11 Å². The largest absolute Gasteiger partial charge is 0.493 e. The molecule has 46 heavy (non-hydrogen) atoms. The van der Waals surface area contributed by atoms with Crippen molar-refractivity contribution in [3.63, 3.8) is 0 Å². The summed E-state index contributed by atoms with van der Waals surface area (Å²) < 4.78 is 11.8. The van der Waals surface area contributed by atoms with Crippen LogP contribution in [0.2, 0.25) is 5.02 Å². The van der Waals surface area contributed by atoms with Crippen molar-refractivity contribution in [3.8, 4) is 11.5 Å². The van der Waals surface area contributed by atoms with Gasteiger partial charge in [0.15, 0.2) is 11.5 Å². The molecule has 2 bridgehead atoms. The molecular weight excluding hydrogens is 596 g/mol. The number of ether oxygens (including phenoxy) is 2. The maximum absolute atomic E-state index is 13.9. The lowest BCUT2D eigenvalue weighted by atomic mass is 9.84. The number of hydrogen-bond acceptors (Lipinski definition) is 6. The lowest BCUT2D eigenvalue weighted by Crippen LogP contribution is -2.49. The van der Waals surface area contributed by atoms with E-state index in [0.29, 0.717) is 22.4 Å². The second-order valence-corrected chi connectivity index (χ2v) is 14.5. The van der Waals surface area contributed by atoms with Crippen molar-refractivity contribution in [2.24, 2.45) is 5.92 Å². The summed E-state index contributed by atoms with van der Waals surface area (Å²) in [5.41, 5.74) is 5.04. The van der Waals surface area contributed by atoms with Crippen LogP contribution in [-0.2, 0) is 11.2 Å². The summed E-state index contributed by atoms with van der Waals surface area (Å²) in [6.45, 7) is 7.50. The molecule has 3 atom stereocenters. The normalized spacial score (nSPS) is 26.0. The third-order valence-electron chi connectivity index (χ3n) is 10.6. The number of likely N-dealkylation sites (tertiary alicyclic amines) is 1. The Morgan fingerprint density at radius 1 is 0.978 bits per heavy atom. The molecule has 0 spiro atoms. The van der Waals surface area contributed by atoms with Gasteiger partial charge in [-0.15, -0.1) is 0 Å². The number of nitrogens with one attached hydrogen (secondary N) is 1. The number of halogens is 1. The molecule has 0 radical (unpaired) electrons. The summed E-state index contributed by atoms with van der Waals surface area (Å²) in [6.07, 6.45) is 6.86. The number of amides is 1. The zero-order valence-corrected chi connectivity index (χ0v) is 28.3. The molecule has 7 nitrogen and oxygen atoms in total. The Kier molecular flexibility index (Phi) is 8.92. The fourth-order valence-electron chi connectivity index (χ4n) is 8.39. The van der Waals surface area contributed by atoms with E-state index in [4.69, 9.17) is 21.1 Å². The van der Waals surface area contributed by atoms with Crippen LogP contribution in [-0.4, -0.2) is 68.8 Å². The summed E-state index contributed by atoms with van der Waals surface area (Å²) in [4.78, 5) is 21.1. The number of methoxy groups -OCH3 is 1. The number of benzene rings is 3. The van der Waals surface area contributed by atoms with E-state index >= 15 is 0 Å². The minimum Gasteiger partial charge on any atom is -0.493 e. The third kappa shape index (κ3) is 6.22. The van der Waals surface area contributed by atoms with E-state index in [9.17, 15) is 4.79 Å². The number of rotatable bonds is 9. The molecule has 3 aliphatic heterocycles. The summed E-state index contributed by atoms with van der Waals surface area (Å²) in [5, 5.41) is 4.31. The van der Waals surface area contributed by atoms with Crippen molar-refractivity contribution in [2.75, 3.05) is 43.6 Å². The Morgan fingerprint density at radius 3 is 2.35 bits per heavy atom. The number of carbonyl (C=O) groups excluding carboxylic acids is 1. The molecule has 1 aliphatic carbocycles. The van der Waals surface area contributed by atoms with E-state index in [1.165, 1.54) is 50.9 Å². The van der Waals surface area contributed by atoms with Gasteiger partial charge in [-0.25, -0.2) is 0 Å². The van der Waals surface area contributed by atoms with Crippen LogP contribution in [0.25, 0.3) is 0 Å². The van der Waals surface area contributed by atoms with Crippen molar-refractivity contribution >= 4 is 28.9 Å². The Balaban J connectivity index is 1.09. The van der Waals surface area contributed by atoms with E-state index in [0.717, 1.165) is 47.0 Å². The van der Waals surface area contributed by atoms with Gasteiger partial charge in [-0.2, -0.15) is 0 Å². The highest BCUT2D eigenvalue weighted by molar-refractivity contribution is 6.30. The molecule has 7 rings (SSSR count). The van der Waals surface area contributed by atoms with Gasteiger partial charge in [-0.3, -0.25) is 9.69 Å². The summed E-state index contributed by atoms with van der Waals surface area (Å²) in [6, 6.07) is 22.3. The molecule has 3 fully saturated rings. The second-order valence-electron chi connectivity index (χ2n) is 14.0. The monoisotopic (exact) mass is 642 g/mol. The minimum absolute atomic E-state index is 0.0143. The highest BCUT2D eigenvalue weighted by atomic mass is 35.5. The molecule has 1 N–H and O–H groups in total. The second kappa shape index (κ2) is 13.1. The Bertz CT molecular complexity index is 1540. The quantitative estimate of drug-likeness (QED) is 0.275. The van der Waals surface area contributed by atoms with Crippen LogP contribution in [0.1, 0.15) is 68.7 Å². The van der Waals surface area contributed by atoms with Crippen molar-refractivity contribution < 1.29 is 14.3 Å². The van der Waals surface area contributed by atoms with Gasteiger partial charge >= 0.3 is 0 Å². The third-order valence-corrected chi connectivity index (χ3v) is 10.9. The first-order valence-corrected chi connectivity index (χ1v) is 17.4. The molecule has 1 unspecified atom stereocenters. The number of anilines is 2. The highest BCUT2D eigenvalue weighted by Gasteiger charge is 2.42. The van der Waals surface area contributed by atoms with Crippen molar-refractivity contribution in [1.82, 2.24) is 10.2 Å². The van der Waals surface area contributed by atoms with Gasteiger partial charge in [0, 0.05) is 61.2 Å². The van der Waals surface area contributed by atoms with E-state index in [2.05, 4.69) is 52.5 Å². The average Bonchev–Trinajstić information content (AvgIpc) is 3.69. The summed E-state index contributed by atoms with van der Waals surface area (Å²) >= 11 is 6.30. The lowest BCUT2D eigenvalue weighted by molar-refractivity contribution is -0.118. The smallest absolute Gasteiger partial charge is 0.232 e. The fourth-order valence-corrected chi connectivity index (χ4v) is 8.51. The van der Waals surface area contributed by atoms with Crippen molar-refractivity contribution in [2.45, 2.75) is 82.6 Å². The van der Waals surface area contributed by atoms with Crippen LogP contribution in [0.15, 0.2) is 60.7 Å². The first-order valence-electron chi connectivity index (χ1n) is 17.0. The minimum atomic E-state index is -0.325. The number of hydrogen-bond donors (Lipinski definition) is 1. The maximum Gasteiger partial charge on any atom is 0.232 e. The van der Waals surface area contributed by atoms with E-state index in [-0.39, 0.29) is 24.5 Å². The highest BCUT2D eigenvalue weighted by Crippen LogP contribution is 2.44. The fraction of sp³-hybridized carbons (Fsp3) is 0.500. The number of carbonyl (C=O) groups is 1. The molecule has 244 valence electrons. The molecule has 4 aliphatic rings. The summed E-state index contributed by atoms with van der Waals surface area (Å²) in [5.74, 6) is 2.09. The molecule has 0 aromatic heterocycles. The topological polar surface area (TPSA) is 57.3 Å². The number of fused-ring (bicyclic) bond motifs is 3. The van der Waals surface area contributed by atoms with Crippen molar-refractivity contribution in [1.29, 1.82) is 0 Å². The van der Waals surface area contributed by atoms with Gasteiger partial charge in [-0.05, 0) is 117 Å². The van der Waals surface area contributed by atoms with Gasteiger partial charge in [0.25, 0.3) is 0 Å². The molecule has 3 heterocycles. The van der Waals surface area contributed by atoms with Crippen LogP contribution < -0.4 is 24.6 Å².